The van der Waals surface area contributed by atoms with Crippen molar-refractivity contribution in [3.8, 4) is 0 Å². The zero-order chi connectivity index (χ0) is 14.5. The molecule has 0 aliphatic carbocycles. The van der Waals surface area contributed by atoms with E-state index in [1.165, 1.54) is 0 Å². The van der Waals surface area contributed by atoms with Gasteiger partial charge < -0.3 is 19.9 Å². The van der Waals surface area contributed by atoms with Gasteiger partial charge in [-0.3, -0.25) is 4.79 Å². The second kappa shape index (κ2) is 7.38. The van der Waals surface area contributed by atoms with E-state index in [4.69, 9.17) is 4.74 Å². The van der Waals surface area contributed by atoms with Crippen LogP contribution in [0.25, 0.3) is 0 Å². The Hall–Kier alpha value is -0.650. The van der Waals surface area contributed by atoms with Crippen molar-refractivity contribution in [2.24, 2.45) is 5.92 Å². The van der Waals surface area contributed by atoms with Crippen molar-refractivity contribution in [1.82, 2.24) is 15.1 Å². The number of nitrogens with zero attached hydrogens (tertiary/aromatic N) is 2. The van der Waals surface area contributed by atoms with Crippen LogP contribution in [0.4, 0.5) is 0 Å². The monoisotopic (exact) mass is 283 g/mol. The number of rotatable bonds is 4. The van der Waals surface area contributed by atoms with Gasteiger partial charge in [-0.1, -0.05) is 0 Å². The maximum Gasteiger partial charge on any atom is 0.242 e. The van der Waals surface area contributed by atoms with Gasteiger partial charge in [0.05, 0.1) is 13.2 Å². The summed E-state index contributed by atoms with van der Waals surface area (Å²) in [5, 5.41) is 3.25. The number of likely N-dealkylation sites (tertiary alicyclic amines) is 1. The molecule has 1 unspecified atom stereocenters. The molecule has 0 aromatic rings. The van der Waals surface area contributed by atoms with Crippen LogP contribution in [0.1, 0.15) is 26.7 Å². The van der Waals surface area contributed by atoms with Crippen LogP contribution in [-0.4, -0.2) is 74.2 Å². The van der Waals surface area contributed by atoms with Crippen LogP contribution in [-0.2, 0) is 9.53 Å². The molecule has 0 aromatic carbocycles. The minimum Gasteiger partial charge on any atom is -0.378 e. The normalized spacial score (nSPS) is 25.4. The standard InChI is InChI=1S/C15H29N3O2/c1-12(2)17(3)10-13-4-7-18(8-5-13)15(19)14-11-20-9-6-16-14/h12-14,16H,4-11H2,1-3H3. The zero-order valence-electron chi connectivity index (χ0n) is 13.1. The van der Waals surface area contributed by atoms with E-state index in [2.05, 4.69) is 31.1 Å². The summed E-state index contributed by atoms with van der Waals surface area (Å²) in [7, 11) is 2.19. The second-order valence-corrected chi connectivity index (χ2v) is 6.38. The number of nitrogens with one attached hydrogen (secondary N) is 1. The number of ether oxygens (including phenoxy) is 1. The van der Waals surface area contributed by atoms with Crippen LogP contribution in [0.15, 0.2) is 0 Å². The van der Waals surface area contributed by atoms with E-state index in [-0.39, 0.29) is 11.9 Å². The maximum atomic E-state index is 12.4. The number of amides is 1. The van der Waals surface area contributed by atoms with E-state index in [1.807, 2.05) is 4.90 Å². The number of hydrogen-bond acceptors (Lipinski definition) is 4. The summed E-state index contributed by atoms with van der Waals surface area (Å²) in [6.07, 6.45) is 2.24. The summed E-state index contributed by atoms with van der Waals surface area (Å²) in [5.41, 5.74) is 0. The minimum absolute atomic E-state index is 0.126. The Labute approximate surface area is 122 Å². The number of carbonyl (C=O) groups excluding carboxylic acids is 1. The predicted octanol–water partition coefficient (Wildman–Crippen LogP) is 0.554. The van der Waals surface area contributed by atoms with Gasteiger partial charge in [0, 0.05) is 32.2 Å². The van der Waals surface area contributed by atoms with E-state index in [1.54, 1.807) is 0 Å². The molecule has 0 aromatic heterocycles. The van der Waals surface area contributed by atoms with Gasteiger partial charge in [0.25, 0.3) is 0 Å². The zero-order valence-corrected chi connectivity index (χ0v) is 13.1. The molecule has 2 saturated heterocycles. The van der Waals surface area contributed by atoms with E-state index < -0.39 is 0 Å². The SMILES string of the molecule is CC(C)N(C)CC1CCN(C(=O)C2COCCN2)CC1. The molecule has 5 heteroatoms. The summed E-state index contributed by atoms with van der Waals surface area (Å²) >= 11 is 0. The Bertz CT molecular complexity index is 308. The first-order valence-corrected chi connectivity index (χ1v) is 7.88. The highest BCUT2D eigenvalue weighted by Crippen LogP contribution is 2.19. The van der Waals surface area contributed by atoms with Gasteiger partial charge in [0.1, 0.15) is 6.04 Å². The summed E-state index contributed by atoms with van der Waals surface area (Å²) < 4.78 is 5.38. The van der Waals surface area contributed by atoms with E-state index in [9.17, 15) is 4.79 Å². The highest BCUT2D eigenvalue weighted by Gasteiger charge is 2.29. The van der Waals surface area contributed by atoms with Crippen molar-refractivity contribution < 1.29 is 9.53 Å². The van der Waals surface area contributed by atoms with Crippen molar-refractivity contribution in [2.75, 3.05) is 46.4 Å². The van der Waals surface area contributed by atoms with Crippen molar-refractivity contribution in [3.63, 3.8) is 0 Å². The van der Waals surface area contributed by atoms with Crippen LogP contribution in [0.2, 0.25) is 0 Å². The van der Waals surface area contributed by atoms with Gasteiger partial charge in [-0.05, 0) is 39.7 Å². The molecular formula is C15H29N3O2. The fraction of sp³-hybridized carbons (Fsp3) is 0.933. The maximum absolute atomic E-state index is 12.4. The quantitative estimate of drug-likeness (QED) is 0.818. The van der Waals surface area contributed by atoms with Crippen molar-refractivity contribution in [2.45, 2.75) is 38.8 Å². The van der Waals surface area contributed by atoms with Crippen LogP contribution >= 0.6 is 0 Å². The average Bonchev–Trinajstić information content (AvgIpc) is 2.48. The highest BCUT2D eigenvalue weighted by atomic mass is 16.5. The molecule has 2 heterocycles. The fourth-order valence-corrected chi connectivity index (χ4v) is 2.90. The Balaban J connectivity index is 1.74. The Morgan fingerprint density at radius 2 is 2.10 bits per heavy atom. The van der Waals surface area contributed by atoms with E-state index in [0.29, 0.717) is 19.3 Å². The minimum atomic E-state index is -0.126. The molecule has 2 aliphatic heterocycles. The lowest BCUT2D eigenvalue weighted by atomic mass is 9.95. The molecule has 2 rings (SSSR count). The summed E-state index contributed by atoms with van der Waals surface area (Å²) in [5.74, 6) is 0.947. The third kappa shape index (κ3) is 4.17. The lowest BCUT2D eigenvalue weighted by Gasteiger charge is -2.37. The lowest BCUT2D eigenvalue weighted by Crippen LogP contribution is -2.54. The summed E-state index contributed by atoms with van der Waals surface area (Å²) in [4.78, 5) is 16.8. The van der Waals surface area contributed by atoms with E-state index in [0.717, 1.165) is 44.9 Å². The molecule has 0 radical (unpaired) electrons. The molecule has 2 aliphatic rings. The van der Waals surface area contributed by atoms with Gasteiger partial charge in [0.15, 0.2) is 0 Å². The largest absolute Gasteiger partial charge is 0.378 e. The average molecular weight is 283 g/mol. The molecule has 1 atom stereocenters. The molecule has 5 nitrogen and oxygen atoms in total. The first-order chi connectivity index (χ1) is 9.58. The van der Waals surface area contributed by atoms with Crippen molar-refractivity contribution in [1.29, 1.82) is 0 Å². The third-order valence-corrected chi connectivity index (χ3v) is 4.57. The Kier molecular flexibility index (Phi) is 5.81. The van der Waals surface area contributed by atoms with Gasteiger partial charge in [-0.15, -0.1) is 0 Å². The number of piperidine rings is 1. The van der Waals surface area contributed by atoms with Gasteiger partial charge >= 0.3 is 0 Å². The number of carbonyl (C=O) groups is 1. The Morgan fingerprint density at radius 3 is 2.65 bits per heavy atom. The third-order valence-electron chi connectivity index (χ3n) is 4.57. The molecule has 0 spiro atoms. The molecule has 1 N–H and O–H groups in total. The molecular weight excluding hydrogens is 254 g/mol. The molecule has 2 fully saturated rings. The number of morpholine rings is 1. The predicted molar refractivity (Wildman–Crippen MR) is 79.7 cm³/mol. The van der Waals surface area contributed by atoms with Crippen LogP contribution in [0.5, 0.6) is 0 Å². The summed E-state index contributed by atoms with van der Waals surface area (Å²) in [6, 6.07) is 0.469. The van der Waals surface area contributed by atoms with Gasteiger partial charge in [0.2, 0.25) is 5.91 Å². The van der Waals surface area contributed by atoms with Crippen LogP contribution in [0, 0.1) is 5.92 Å². The van der Waals surface area contributed by atoms with Crippen LogP contribution in [0.3, 0.4) is 0 Å². The molecule has 116 valence electrons. The fourth-order valence-electron chi connectivity index (χ4n) is 2.90. The topological polar surface area (TPSA) is 44.8 Å². The molecule has 0 bridgehead atoms. The van der Waals surface area contributed by atoms with Crippen LogP contribution < -0.4 is 5.32 Å². The first kappa shape index (κ1) is 15.7. The summed E-state index contributed by atoms with van der Waals surface area (Å²) in [6.45, 7) is 9.42. The van der Waals surface area contributed by atoms with Crippen molar-refractivity contribution >= 4 is 5.91 Å². The number of hydrogen-bond donors (Lipinski definition) is 1. The first-order valence-electron chi connectivity index (χ1n) is 7.88. The Morgan fingerprint density at radius 1 is 1.40 bits per heavy atom. The molecule has 20 heavy (non-hydrogen) atoms. The van der Waals surface area contributed by atoms with Gasteiger partial charge in [-0.2, -0.15) is 0 Å². The van der Waals surface area contributed by atoms with Gasteiger partial charge in [-0.25, -0.2) is 0 Å². The highest BCUT2D eigenvalue weighted by molar-refractivity contribution is 5.82. The second-order valence-electron chi connectivity index (χ2n) is 6.38. The molecule has 0 saturated carbocycles. The van der Waals surface area contributed by atoms with Crippen molar-refractivity contribution in [3.05, 3.63) is 0 Å². The van der Waals surface area contributed by atoms with E-state index >= 15 is 0 Å². The smallest absolute Gasteiger partial charge is 0.242 e. The molecule has 1 amide bonds. The lowest BCUT2D eigenvalue weighted by molar-refractivity contribution is -0.137.